The van der Waals surface area contributed by atoms with Crippen LogP contribution in [0.4, 0.5) is 11.4 Å². The van der Waals surface area contributed by atoms with E-state index in [4.69, 9.17) is 4.74 Å². The number of fused-ring (bicyclic) bond motifs is 5. The predicted octanol–water partition coefficient (Wildman–Crippen LogP) is 14.6. The highest BCUT2D eigenvalue weighted by atomic mass is 16.5. The Hall–Kier alpha value is -5.28. The van der Waals surface area contributed by atoms with Crippen LogP contribution in [0, 0.1) is 5.41 Å². The Balaban J connectivity index is 0.800. The van der Waals surface area contributed by atoms with Crippen molar-refractivity contribution in [3.8, 4) is 11.5 Å². The highest BCUT2D eigenvalue weighted by molar-refractivity contribution is 6.07. The summed E-state index contributed by atoms with van der Waals surface area (Å²) in [7, 11) is 0. The molecule has 1 aliphatic heterocycles. The molecule has 7 aromatic rings. The lowest BCUT2D eigenvalue weighted by Gasteiger charge is -2.32. The molecule has 1 unspecified atom stereocenters. The number of rotatable bonds is 16. The molecule has 6 aromatic carbocycles. The lowest BCUT2D eigenvalue weighted by molar-refractivity contribution is 0.328. The van der Waals surface area contributed by atoms with Gasteiger partial charge >= 0.3 is 0 Å². The molecular weight excluding hydrogens is 681 g/mol. The third-order valence-corrected chi connectivity index (χ3v) is 11.8. The zero-order chi connectivity index (χ0) is 38.3. The van der Waals surface area contributed by atoms with Gasteiger partial charge in [0.2, 0.25) is 0 Å². The fourth-order valence-corrected chi connectivity index (χ4v) is 8.97. The molecule has 3 nitrogen and oxygen atoms in total. The van der Waals surface area contributed by atoms with Crippen LogP contribution in [0.3, 0.4) is 0 Å². The van der Waals surface area contributed by atoms with Gasteiger partial charge in [0.05, 0.1) is 11.4 Å². The standard InChI is InChI=1S/C53H58N2O/c1-53(2,3)39-44(43-35-33-41(34-36-43)18-13-15-38-55-49-25-8-10-27-51(49)56-52-28-11-9-26-50(52)55)20-16-19-42-31-29-40(30-32-42)17-12-14-37-54-47-23-6-4-21-45(47)46-22-5-7-24-48(46)54/h4-11,21-36,44H,12-20,37-39H2,1-3H3. The van der Waals surface area contributed by atoms with Crippen LogP contribution in [-0.4, -0.2) is 11.1 Å². The first-order chi connectivity index (χ1) is 27.4. The Morgan fingerprint density at radius 1 is 0.482 bits per heavy atom. The summed E-state index contributed by atoms with van der Waals surface area (Å²) in [5.74, 6) is 2.47. The van der Waals surface area contributed by atoms with Crippen LogP contribution in [0.25, 0.3) is 21.8 Å². The molecule has 3 heteroatoms. The molecule has 1 aromatic heterocycles. The maximum Gasteiger partial charge on any atom is 0.151 e. The molecule has 0 bridgehead atoms. The van der Waals surface area contributed by atoms with E-state index in [1.165, 1.54) is 76.2 Å². The number of anilines is 2. The summed E-state index contributed by atoms with van der Waals surface area (Å²) in [4.78, 5) is 2.43. The molecule has 0 radical (unpaired) electrons. The predicted molar refractivity (Wildman–Crippen MR) is 238 cm³/mol. The van der Waals surface area contributed by atoms with Crippen molar-refractivity contribution in [2.45, 2.75) is 97.4 Å². The topological polar surface area (TPSA) is 17.4 Å². The van der Waals surface area contributed by atoms with Crippen LogP contribution in [0.1, 0.15) is 93.9 Å². The van der Waals surface area contributed by atoms with E-state index in [1.54, 1.807) is 0 Å². The Morgan fingerprint density at radius 3 is 1.50 bits per heavy atom. The van der Waals surface area contributed by atoms with Crippen molar-refractivity contribution < 1.29 is 4.74 Å². The summed E-state index contributed by atoms with van der Waals surface area (Å²) in [5, 5.41) is 2.73. The maximum absolute atomic E-state index is 6.19. The van der Waals surface area contributed by atoms with Crippen molar-refractivity contribution in [1.82, 2.24) is 4.57 Å². The van der Waals surface area contributed by atoms with Crippen molar-refractivity contribution in [2.75, 3.05) is 11.4 Å². The SMILES string of the molecule is CC(C)(C)CC(CCCc1ccc(CCCCn2c3ccccc3c3ccccc32)cc1)c1ccc(CCCCN2c3ccccc3Oc3ccccc32)cc1. The molecule has 1 aliphatic rings. The second-order valence-corrected chi connectivity index (χ2v) is 17.2. The number of nitrogens with zero attached hydrogens (tertiary/aromatic N) is 2. The van der Waals surface area contributed by atoms with E-state index in [0.29, 0.717) is 11.3 Å². The van der Waals surface area contributed by atoms with Gasteiger partial charge in [-0.2, -0.15) is 0 Å². The average Bonchev–Trinajstić information content (AvgIpc) is 3.54. The fraction of sp³-hybridized carbons (Fsp3) is 0.321. The van der Waals surface area contributed by atoms with Gasteiger partial charge in [0.15, 0.2) is 11.5 Å². The van der Waals surface area contributed by atoms with E-state index in [2.05, 4.69) is 176 Å². The molecule has 0 saturated heterocycles. The summed E-state index contributed by atoms with van der Waals surface area (Å²) >= 11 is 0. The summed E-state index contributed by atoms with van der Waals surface area (Å²) < 4.78 is 8.71. The molecule has 8 rings (SSSR count). The molecule has 56 heavy (non-hydrogen) atoms. The quantitative estimate of drug-likeness (QED) is 0.0919. The molecule has 0 fully saturated rings. The molecule has 0 amide bonds. The van der Waals surface area contributed by atoms with Crippen molar-refractivity contribution >= 4 is 33.2 Å². The van der Waals surface area contributed by atoms with E-state index in [-0.39, 0.29) is 0 Å². The minimum atomic E-state index is 0.295. The van der Waals surface area contributed by atoms with Gasteiger partial charge in [-0.3, -0.25) is 0 Å². The zero-order valence-electron chi connectivity index (χ0n) is 33.7. The van der Waals surface area contributed by atoms with Gasteiger partial charge in [-0.15, -0.1) is 0 Å². The second-order valence-electron chi connectivity index (χ2n) is 17.2. The van der Waals surface area contributed by atoms with Crippen LogP contribution < -0.4 is 9.64 Å². The molecule has 0 saturated carbocycles. The first kappa shape index (κ1) is 37.6. The Bertz CT molecular complexity index is 2240. The summed E-state index contributed by atoms with van der Waals surface area (Å²) in [6.45, 7) is 9.21. The van der Waals surface area contributed by atoms with E-state index in [0.717, 1.165) is 68.1 Å². The molecule has 0 spiro atoms. The van der Waals surface area contributed by atoms with Crippen LogP contribution in [-0.2, 0) is 25.8 Å². The van der Waals surface area contributed by atoms with Gasteiger partial charge in [-0.05, 0) is 134 Å². The van der Waals surface area contributed by atoms with Gasteiger partial charge in [0.25, 0.3) is 0 Å². The normalized spacial score (nSPS) is 13.1. The molecule has 0 N–H and O–H groups in total. The largest absolute Gasteiger partial charge is 0.453 e. The monoisotopic (exact) mass is 738 g/mol. The summed E-state index contributed by atoms with van der Waals surface area (Å²) in [6.07, 6.45) is 11.7. The van der Waals surface area contributed by atoms with E-state index >= 15 is 0 Å². The molecule has 0 aliphatic carbocycles. The number of aryl methyl sites for hydroxylation is 4. The minimum Gasteiger partial charge on any atom is -0.453 e. The maximum atomic E-state index is 6.19. The molecule has 286 valence electrons. The van der Waals surface area contributed by atoms with Gasteiger partial charge in [-0.1, -0.05) is 130 Å². The summed E-state index contributed by atoms with van der Waals surface area (Å²) in [6, 6.07) is 53.6. The third-order valence-electron chi connectivity index (χ3n) is 11.8. The van der Waals surface area contributed by atoms with Crippen molar-refractivity contribution in [2.24, 2.45) is 5.41 Å². The highest BCUT2D eigenvalue weighted by Crippen LogP contribution is 2.46. The Morgan fingerprint density at radius 2 is 0.946 bits per heavy atom. The number of para-hydroxylation sites is 6. The van der Waals surface area contributed by atoms with Gasteiger partial charge in [-0.25, -0.2) is 0 Å². The molecular formula is C53H58N2O. The smallest absolute Gasteiger partial charge is 0.151 e. The number of aromatic nitrogens is 1. The number of hydrogen-bond donors (Lipinski definition) is 0. The zero-order valence-corrected chi connectivity index (χ0v) is 33.7. The minimum absolute atomic E-state index is 0.295. The van der Waals surface area contributed by atoms with Gasteiger partial charge < -0.3 is 14.2 Å². The third kappa shape index (κ3) is 8.89. The number of benzene rings is 6. The molecule has 1 atom stereocenters. The number of unbranched alkanes of at least 4 members (excludes halogenated alkanes) is 2. The van der Waals surface area contributed by atoms with Crippen LogP contribution >= 0.6 is 0 Å². The Labute approximate surface area is 335 Å². The Kier molecular flexibility index (Phi) is 11.6. The van der Waals surface area contributed by atoms with E-state index in [1.807, 2.05) is 0 Å². The lowest BCUT2D eigenvalue weighted by atomic mass is 9.79. The number of ether oxygens (including phenoxy) is 1. The fourth-order valence-electron chi connectivity index (χ4n) is 8.97. The first-order valence-corrected chi connectivity index (χ1v) is 21.2. The van der Waals surface area contributed by atoms with Crippen molar-refractivity contribution in [3.63, 3.8) is 0 Å². The first-order valence-electron chi connectivity index (χ1n) is 21.2. The van der Waals surface area contributed by atoms with Crippen LogP contribution in [0.5, 0.6) is 11.5 Å². The summed E-state index contributed by atoms with van der Waals surface area (Å²) in [5.41, 5.74) is 11.2. The van der Waals surface area contributed by atoms with Gasteiger partial charge in [0, 0.05) is 34.9 Å². The van der Waals surface area contributed by atoms with Crippen molar-refractivity contribution in [1.29, 1.82) is 0 Å². The second kappa shape index (κ2) is 17.2. The van der Waals surface area contributed by atoms with Crippen LogP contribution in [0.15, 0.2) is 146 Å². The van der Waals surface area contributed by atoms with E-state index in [9.17, 15) is 0 Å². The molecule has 2 heterocycles. The number of hydrogen-bond acceptors (Lipinski definition) is 2. The van der Waals surface area contributed by atoms with Crippen LogP contribution in [0.2, 0.25) is 0 Å². The lowest BCUT2D eigenvalue weighted by Crippen LogP contribution is -2.22. The average molecular weight is 739 g/mol. The van der Waals surface area contributed by atoms with Gasteiger partial charge in [0.1, 0.15) is 0 Å². The van der Waals surface area contributed by atoms with E-state index < -0.39 is 0 Å². The highest BCUT2D eigenvalue weighted by Gasteiger charge is 2.24. The van der Waals surface area contributed by atoms with Crippen molar-refractivity contribution in [3.05, 3.63) is 168 Å².